The lowest BCUT2D eigenvalue weighted by Gasteiger charge is -2.27. The zero-order valence-corrected chi connectivity index (χ0v) is 14.4. The minimum absolute atomic E-state index is 0.0489. The predicted octanol–water partition coefficient (Wildman–Crippen LogP) is 1.70. The summed E-state index contributed by atoms with van der Waals surface area (Å²) in [5, 5.41) is 0. The molecule has 1 fully saturated rings. The van der Waals surface area contributed by atoms with Gasteiger partial charge in [-0.3, -0.25) is 19.7 Å². The van der Waals surface area contributed by atoms with E-state index in [1.165, 1.54) is 0 Å². The fourth-order valence-corrected chi connectivity index (χ4v) is 3.06. The van der Waals surface area contributed by atoms with Gasteiger partial charge in [-0.1, -0.05) is 0 Å². The maximum absolute atomic E-state index is 12.1. The molecule has 1 saturated heterocycles. The minimum atomic E-state index is 0.0489. The Kier molecular flexibility index (Phi) is 4.89. The van der Waals surface area contributed by atoms with Crippen molar-refractivity contribution in [3.8, 4) is 0 Å². The van der Waals surface area contributed by atoms with Crippen molar-refractivity contribution in [2.75, 3.05) is 13.1 Å². The Bertz CT molecular complexity index is 697. The Morgan fingerprint density at radius 2 is 2.12 bits per heavy atom. The largest absolute Gasteiger partial charge is 0.444 e. The van der Waals surface area contributed by atoms with Crippen LogP contribution in [0.3, 0.4) is 0 Å². The van der Waals surface area contributed by atoms with Gasteiger partial charge in [0, 0.05) is 45.0 Å². The number of hydrogen-bond donors (Lipinski definition) is 0. The summed E-state index contributed by atoms with van der Waals surface area (Å²) in [6.45, 7) is 8.33. The summed E-state index contributed by atoms with van der Waals surface area (Å²) in [7, 11) is 0. The summed E-state index contributed by atoms with van der Waals surface area (Å²) in [5.74, 6) is 1.40. The number of rotatable bonds is 5. The van der Waals surface area contributed by atoms with Crippen molar-refractivity contribution in [2.24, 2.45) is 0 Å². The van der Waals surface area contributed by atoms with Gasteiger partial charge in [0.05, 0.1) is 24.1 Å². The maximum atomic E-state index is 12.1. The van der Waals surface area contributed by atoms with Crippen LogP contribution in [0.4, 0.5) is 0 Å². The number of likely N-dealkylation sites (tertiary alicyclic amines) is 1. The van der Waals surface area contributed by atoms with E-state index in [9.17, 15) is 4.79 Å². The number of oxazole rings is 1. The van der Waals surface area contributed by atoms with Crippen molar-refractivity contribution in [3.63, 3.8) is 0 Å². The van der Waals surface area contributed by atoms with Crippen molar-refractivity contribution in [1.29, 1.82) is 0 Å². The number of amides is 1. The highest BCUT2D eigenvalue weighted by atomic mass is 16.4. The fourth-order valence-electron chi connectivity index (χ4n) is 3.06. The van der Waals surface area contributed by atoms with E-state index >= 15 is 0 Å². The van der Waals surface area contributed by atoms with Gasteiger partial charge in [0.15, 0.2) is 0 Å². The summed E-state index contributed by atoms with van der Waals surface area (Å²) in [4.78, 5) is 29.1. The Morgan fingerprint density at radius 1 is 1.29 bits per heavy atom. The second-order valence-electron chi connectivity index (χ2n) is 6.34. The zero-order chi connectivity index (χ0) is 17.1. The van der Waals surface area contributed by atoms with Crippen molar-refractivity contribution < 1.29 is 9.21 Å². The lowest BCUT2D eigenvalue weighted by atomic mass is 10.2. The molecule has 1 amide bonds. The van der Waals surface area contributed by atoms with Crippen LogP contribution in [0.2, 0.25) is 0 Å². The highest BCUT2D eigenvalue weighted by Crippen LogP contribution is 2.20. The highest BCUT2D eigenvalue weighted by molar-refractivity contribution is 5.73. The average molecular weight is 329 g/mol. The first-order valence-electron chi connectivity index (χ1n) is 8.19. The van der Waals surface area contributed by atoms with Crippen molar-refractivity contribution >= 4 is 5.91 Å². The summed E-state index contributed by atoms with van der Waals surface area (Å²) in [6.07, 6.45) is 6.24. The van der Waals surface area contributed by atoms with Crippen LogP contribution >= 0.6 is 0 Å². The van der Waals surface area contributed by atoms with Crippen LogP contribution < -0.4 is 0 Å². The first kappa shape index (κ1) is 16.6. The molecule has 2 aromatic heterocycles. The van der Waals surface area contributed by atoms with Gasteiger partial charge >= 0.3 is 0 Å². The molecule has 0 spiro atoms. The molecule has 0 radical (unpaired) electrons. The van der Waals surface area contributed by atoms with Gasteiger partial charge in [0.2, 0.25) is 11.8 Å². The second kappa shape index (κ2) is 7.09. The first-order valence-corrected chi connectivity index (χ1v) is 8.19. The number of carbonyl (C=O) groups excluding carboxylic acids is 1. The average Bonchev–Trinajstić information content (AvgIpc) is 3.16. The van der Waals surface area contributed by atoms with E-state index in [-0.39, 0.29) is 11.9 Å². The van der Waals surface area contributed by atoms with Gasteiger partial charge in [-0.2, -0.15) is 0 Å². The molecule has 1 atom stereocenters. The molecule has 128 valence electrons. The van der Waals surface area contributed by atoms with E-state index in [0.717, 1.165) is 43.2 Å². The van der Waals surface area contributed by atoms with Gasteiger partial charge in [-0.05, 0) is 20.3 Å². The molecule has 0 aliphatic carbocycles. The number of nitrogens with zero attached hydrogens (tertiary/aromatic N) is 5. The van der Waals surface area contributed by atoms with E-state index in [0.29, 0.717) is 12.4 Å². The molecule has 0 saturated carbocycles. The second-order valence-corrected chi connectivity index (χ2v) is 6.34. The predicted molar refractivity (Wildman–Crippen MR) is 87.9 cm³/mol. The summed E-state index contributed by atoms with van der Waals surface area (Å²) in [6, 6.07) is 0.174. The van der Waals surface area contributed by atoms with Crippen LogP contribution in [-0.4, -0.2) is 49.8 Å². The van der Waals surface area contributed by atoms with E-state index in [1.54, 1.807) is 19.3 Å². The molecular weight excluding hydrogens is 306 g/mol. The van der Waals surface area contributed by atoms with Gasteiger partial charge in [-0.15, -0.1) is 0 Å². The third-order valence-corrected chi connectivity index (χ3v) is 4.29. The van der Waals surface area contributed by atoms with Crippen LogP contribution in [0, 0.1) is 13.8 Å². The Morgan fingerprint density at radius 3 is 2.75 bits per heavy atom. The molecule has 0 bridgehead atoms. The Balaban J connectivity index is 1.61. The standard InChI is InChI=1S/C17H23N5O2/c1-12-6-19-15(8-18-12)9-21-5-4-16(10-21)22(14(3)23)11-17-20-7-13(2)24-17/h6-8,16H,4-5,9-11H2,1-3H3/t16-/m0/s1. The van der Waals surface area contributed by atoms with Crippen molar-refractivity contribution in [1.82, 2.24) is 24.8 Å². The third-order valence-electron chi connectivity index (χ3n) is 4.29. The van der Waals surface area contributed by atoms with Gasteiger partial charge in [0.1, 0.15) is 5.76 Å². The normalized spacial score (nSPS) is 18.0. The fraction of sp³-hybridized carbons (Fsp3) is 0.529. The molecule has 0 unspecified atom stereocenters. The molecule has 0 aromatic carbocycles. The van der Waals surface area contributed by atoms with Crippen LogP contribution in [0.5, 0.6) is 0 Å². The molecule has 0 N–H and O–H groups in total. The lowest BCUT2D eigenvalue weighted by molar-refractivity contribution is -0.132. The van der Waals surface area contributed by atoms with Gasteiger partial charge in [0.25, 0.3) is 0 Å². The molecule has 7 nitrogen and oxygen atoms in total. The van der Waals surface area contributed by atoms with Crippen molar-refractivity contribution in [2.45, 2.75) is 46.3 Å². The third kappa shape index (κ3) is 3.97. The van der Waals surface area contributed by atoms with Crippen molar-refractivity contribution in [3.05, 3.63) is 41.6 Å². The quantitative estimate of drug-likeness (QED) is 0.831. The van der Waals surface area contributed by atoms with E-state index in [4.69, 9.17) is 4.42 Å². The van der Waals surface area contributed by atoms with E-state index in [1.807, 2.05) is 24.9 Å². The Labute approximate surface area is 141 Å². The molecule has 2 aromatic rings. The summed E-state index contributed by atoms with van der Waals surface area (Å²) in [5.41, 5.74) is 1.88. The molecule has 3 heterocycles. The van der Waals surface area contributed by atoms with Gasteiger partial charge < -0.3 is 9.32 Å². The van der Waals surface area contributed by atoms with E-state index in [2.05, 4.69) is 19.9 Å². The maximum Gasteiger partial charge on any atom is 0.220 e. The topological polar surface area (TPSA) is 75.4 Å². The molecule has 7 heteroatoms. The highest BCUT2D eigenvalue weighted by Gasteiger charge is 2.30. The zero-order valence-electron chi connectivity index (χ0n) is 14.4. The SMILES string of the molecule is CC(=O)N(Cc1ncc(C)o1)[C@H]1CCN(Cc2cnc(C)cn2)C1. The minimum Gasteiger partial charge on any atom is -0.444 e. The number of carbonyl (C=O) groups is 1. The first-order chi connectivity index (χ1) is 11.5. The van der Waals surface area contributed by atoms with Crippen LogP contribution in [0.15, 0.2) is 23.0 Å². The van der Waals surface area contributed by atoms with Crippen LogP contribution in [-0.2, 0) is 17.9 Å². The van der Waals surface area contributed by atoms with Crippen LogP contribution in [0.25, 0.3) is 0 Å². The summed E-state index contributed by atoms with van der Waals surface area (Å²) < 4.78 is 5.52. The Hall–Kier alpha value is -2.28. The number of aromatic nitrogens is 3. The van der Waals surface area contributed by atoms with Gasteiger partial charge in [-0.25, -0.2) is 4.98 Å². The molecular formula is C17H23N5O2. The smallest absolute Gasteiger partial charge is 0.220 e. The van der Waals surface area contributed by atoms with E-state index < -0.39 is 0 Å². The molecule has 1 aliphatic rings. The monoisotopic (exact) mass is 329 g/mol. The number of aryl methyl sites for hydroxylation is 2. The summed E-state index contributed by atoms with van der Waals surface area (Å²) >= 11 is 0. The lowest BCUT2D eigenvalue weighted by Crippen LogP contribution is -2.40. The molecule has 24 heavy (non-hydrogen) atoms. The number of hydrogen-bond acceptors (Lipinski definition) is 6. The van der Waals surface area contributed by atoms with Crippen LogP contribution in [0.1, 0.15) is 36.4 Å². The molecule has 3 rings (SSSR count). The molecule has 1 aliphatic heterocycles.